The van der Waals surface area contributed by atoms with E-state index in [0.29, 0.717) is 26.2 Å². The van der Waals surface area contributed by atoms with Crippen LogP contribution >= 0.6 is 22.6 Å². The predicted molar refractivity (Wildman–Crippen MR) is 141 cm³/mol. The average Bonchev–Trinajstić information content (AvgIpc) is 3.30. The summed E-state index contributed by atoms with van der Waals surface area (Å²) < 4.78 is 25.3. The molecule has 0 amide bonds. The summed E-state index contributed by atoms with van der Waals surface area (Å²) >= 11 is 2.37. The lowest BCUT2D eigenvalue weighted by Gasteiger charge is -2.45. The summed E-state index contributed by atoms with van der Waals surface area (Å²) in [4.78, 5) is 12.4. The van der Waals surface area contributed by atoms with Crippen molar-refractivity contribution in [1.29, 1.82) is 0 Å². The minimum absolute atomic E-state index is 0.0508. The zero-order chi connectivity index (χ0) is 24.0. The highest BCUT2D eigenvalue weighted by Crippen LogP contribution is 2.43. The highest BCUT2D eigenvalue weighted by Gasteiger charge is 2.56. The molecule has 1 aliphatic carbocycles. The smallest absolute Gasteiger partial charge is 0.306 e. The summed E-state index contributed by atoms with van der Waals surface area (Å²) in [6.45, 7) is 1.33. The molecule has 5 rings (SSSR count). The molecule has 2 fully saturated rings. The molecule has 0 bridgehead atoms. The van der Waals surface area contributed by atoms with Gasteiger partial charge in [-0.2, -0.15) is 0 Å². The Morgan fingerprint density at radius 3 is 1.57 bits per heavy atom. The first kappa shape index (κ1) is 24.4. The van der Waals surface area contributed by atoms with Crippen LogP contribution in [0.2, 0.25) is 0 Å². The fraction of sp³-hybridized carbons (Fsp3) is 0.345. The maximum atomic E-state index is 12.4. The van der Waals surface area contributed by atoms with Crippen LogP contribution in [0.1, 0.15) is 23.1 Å². The number of carbonyl (C=O) groups is 1. The standard InChI is InChI=1S/C29H29IO5/c30-25-26-23(16-24(31)35-26)27(32-17-20-10-4-1-5-11-20)29(34-19-22-14-8-3-9-15-22)28(25)33-18-21-12-6-2-7-13-21/h1-15,23,25-29H,16-19H2/t23-,25-,26+,27+,28-,29-/m0/s1. The quantitative estimate of drug-likeness (QED) is 0.189. The van der Waals surface area contributed by atoms with Crippen LogP contribution in [0.5, 0.6) is 0 Å². The SMILES string of the molecule is O=C1C[C@@H]2[C@@H](OCc3ccccc3)[C@H](OCc3ccccc3)[C@@H](OCc3ccccc3)[C@@H](I)[C@@H]2O1. The fourth-order valence-corrected chi connectivity index (χ4v) is 6.19. The molecule has 35 heavy (non-hydrogen) atoms. The van der Waals surface area contributed by atoms with E-state index in [1.54, 1.807) is 0 Å². The first-order chi connectivity index (χ1) is 17.2. The largest absolute Gasteiger partial charge is 0.461 e. The van der Waals surface area contributed by atoms with E-state index < -0.39 is 0 Å². The molecule has 1 heterocycles. The van der Waals surface area contributed by atoms with Crippen LogP contribution in [0, 0.1) is 5.92 Å². The van der Waals surface area contributed by atoms with Gasteiger partial charge in [-0.1, -0.05) is 114 Å². The summed E-state index contributed by atoms with van der Waals surface area (Å²) in [5.41, 5.74) is 3.25. The number of carbonyl (C=O) groups excluding carboxylic acids is 1. The molecule has 0 N–H and O–H groups in total. The highest BCUT2D eigenvalue weighted by atomic mass is 127. The summed E-state index contributed by atoms with van der Waals surface area (Å²) in [7, 11) is 0. The van der Waals surface area contributed by atoms with Crippen LogP contribution < -0.4 is 0 Å². The van der Waals surface area contributed by atoms with Gasteiger partial charge in [0.1, 0.15) is 18.3 Å². The Morgan fingerprint density at radius 1 is 0.657 bits per heavy atom. The molecule has 0 radical (unpaired) electrons. The third-order valence-electron chi connectivity index (χ3n) is 6.65. The van der Waals surface area contributed by atoms with E-state index >= 15 is 0 Å². The maximum absolute atomic E-state index is 12.4. The predicted octanol–water partition coefficient (Wildman–Crippen LogP) is 5.49. The zero-order valence-electron chi connectivity index (χ0n) is 19.4. The van der Waals surface area contributed by atoms with Crippen LogP contribution in [-0.2, 0) is 43.6 Å². The molecule has 0 unspecified atom stereocenters. The van der Waals surface area contributed by atoms with E-state index in [4.69, 9.17) is 18.9 Å². The maximum Gasteiger partial charge on any atom is 0.306 e. The molecule has 6 heteroatoms. The molecule has 1 saturated heterocycles. The van der Waals surface area contributed by atoms with Crippen LogP contribution in [0.4, 0.5) is 0 Å². The van der Waals surface area contributed by atoms with Crippen LogP contribution in [0.15, 0.2) is 91.0 Å². The number of esters is 1. The van der Waals surface area contributed by atoms with E-state index in [9.17, 15) is 4.79 Å². The van der Waals surface area contributed by atoms with Gasteiger partial charge in [0.2, 0.25) is 0 Å². The zero-order valence-corrected chi connectivity index (χ0v) is 21.5. The number of hydrogen-bond acceptors (Lipinski definition) is 5. The van der Waals surface area contributed by atoms with E-state index in [-0.39, 0.29) is 40.2 Å². The number of hydrogen-bond donors (Lipinski definition) is 0. The molecule has 6 atom stereocenters. The van der Waals surface area contributed by atoms with Gasteiger partial charge in [0.25, 0.3) is 0 Å². The Hall–Kier alpha value is -2.26. The lowest BCUT2D eigenvalue weighted by atomic mass is 9.79. The van der Waals surface area contributed by atoms with E-state index in [1.165, 1.54) is 0 Å². The number of halogens is 1. The molecule has 1 saturated carbocycles. The van der Waals surface area contributed by atoms with Crippen molar-refractivity contribution in [3.63, 3.8) is 0 Å². The molecule has 5 nitrogen and oxygen atoms in total. The topological polar surface area (TPSA) is 54.0 Å². The second-order valence-electron chi connectivity index (χ2n) is 9.05. The van der Waals surface area contributed by atoms with Gasteiger partial charge in [0.05, 0.1) is 36.3 Å². The number of ether oxygens (including phenoxy) is 4. The molecule has 0 aromatic heterocycles. The third kappa shape index (κ3) is 5.94. The Labute approximate surface area is 219 Å². The summed E-state index contributed by atoms with van der Waals surface area (Å²) in [5, 5.41) is 0. The highest BCUT2D eigenvalue weighted by molar-refractivity contribution is 14.1. The Morgan fingerprint density at radius 2 is 1.09 bits per heavy atom. The van der Waals surface area contributed by atoms with Crippen molar-refractivity contribution in [2.24, 2.45) is 5.92 Å². The molecule has 3 aromatic carbocycles. The van der Waals surface area contributed by atoms with Crippen molar-refractivity contribution in [2.45, 2.75) is 54.6 Å². The lowest BCUT2D eigenvalue weighted by molar-refractivity contribution is -0.198. The van der Waals surface area contributed by atoms with E-state index in [0.717, 1.165) is 16.7 Å². The minimum atomic E-state index is -0.347. The number of benzene rings is 3. The second kappa shape index (κ2) is 11.6. The molecule has 3 aromatic rings. The van der Waals surface area contributed by atoms with Gasteiger partial charge in [-0.3, -0.25) is 4.79 Å². The molecular weight excluding hydrogens is 555 g/mol. The van der Waals surface area contributed by atoms with Gasteiger partial charge in [-0.25, -0.2) is 0 Å². The van der Waals surface area contributed by atoms with Gasteiger partial charge in [0.15, 0.2) is 0 Å². The van der Waals surface area contributed by atoms with Crippen molar-refractivity contribution in [3.05, 3.63) is 108 Å². The van der Waals surface area contributed by atoms with Crippen molar-refractivity contribution in [2.75, 3.05) is 0 Å². The van der Waals surface area contributed by atoms with Crippen molar-refractivity contribution in [1.82, 2.24) is 0 Å². The van der Waals surface area contributed by atoms with Gasteiger partial charge in [-0.15, -0.1) is 0 Å². The van der Waals surface area contributed by atoms with Crippen molar-refractivity contribution >= 4 is 28.6 Å². The summed E-state index contributed by atoms with van der Waals surface area (Å²) in [5.74, 6) is -0.258. The molecule has 2 aliphatic rings. The summed E-state index contributed by atoms with van der Waals surface area (Å²) in [6.07, 6.45) is -0.906. The molecule has 1 aliphatic heterocycles. The minimum Gasteiger partial charge on any atom is -0.461 e. The van der Waals surface area contributed by atoms with Crippen molar-refractivity contribution in [3.8, 4) is 0 Å². The van der Waals surface area contributed by atoms with Gasteiger partial charge < -0.3 is 18.9 Å². The Bertz CT molecular complexity index is 1080. The van der Waals surface area contributed by atoms with Crippen LogP contribution in [-0.4, -0.2) is 34.3 Å². The molecular formula is C29H29IO5. The Kier molecular flexibility index (Phi) is 8.13. The summed E-state index contributed by atoms with van der Waals surface area (Å²) in [6, 6.07) is 30.3. The molecule has 0 spiro atoms. The van der Waals surface area contributed by atoms with Crippen molar-refractivity contribution < 1.29 is 23.7 Å². The first-order valence-electron chi connectivity index (χ1n) is 12.0. The third-order valence-corrected chi connectivity index (χ3v) is 8.06. The van der Waals surface area contributed by atoms with E-state index in [1.807, 2.05) is 78.9 Å². The monoisotopic (exact) mass is 584 g/mol. The van der Waals surface area contributed by atoms with Gasteiger partial charge in [0, 0.05) is 5.92 Å². The normalized spacial score (nSPS) is 27.9. The number of alkyl halides is 1. The second-order valence-corrected chi connectivity index (χ2v) is 10.5. The average molecular weight is 584 g/mol. The van der Waals surface area contributed by atoms with Crippen LogP contribution in [0.25, 0.3) is 0 Å². The molecule has 182 valence electrons. The van der Waals surface area contributed by atoms with Gasteiger partial charge >= 0.3 is 5.97 Å². The fourth-order valence-electron chi connectivity index (χ4n) is 4.89. The van der Waals surface area contributed by atoms with Crippen LogP contribution in [0.3, 0.4) is 0 Å². The first-order valence-corrected chi connectivity index (χ1v) is 13.2. The number of fused-ring (bicyclic) bond motifs is 1. The van der Waals surface area contributed by atoms with Gasteiger partial charge in [-0.05, 0) is 16.7 Å². The lowest BCUT2D eigenvalue weighted by Crippen LogP contribution is -2.60. The number of rotatable bonds is 9. The van der Waals surface area contributed by atoms with E-state index in [2.05, 4.69) is 34.7 Å². The Balaban J connectivity index is 1.41.